The topological polar surface area (TPSA) is 70.1 Å². The van der Waals surface area contributed by atoms with Crippen LogP contribution in [0.4, 0.5) is 11.6 Å². The van der Waals surface area contributed by atoms with E-state index in [1.165, 1.54) is 19.3 Å². The lowest BCUT2D eigenvalue weighted by Gasteiger charge is -2.30. The molecule has 0 amide bonds. The molecule has 0 radical (unpaired) electrons. The van der Waals surface area contributed by atoms with E-state index < -0.39 is 0 Å². The number of nitrogens with zero attached hydrogens (tertiary/aromatic N) is 2. The Labute approximate surface area is 127 Å². The Kier molecular flexibility index (Phi) is 6.23. The third kappa shape index (κ3) is 4.30. The highest BCUT2D eigenvalue weighted by molar-refractivity contribution is 5.56. The van der Waals surface area contributed by atoms with Gasteiger partial charge in [0.05, 0.1) is 0 Å². The minimum absolute atomic E-state index is 0.304. The fraction of sp³-hybridized carbons (Fsp3) is 0.750. The molecule has 118 valence electrons. The molecule has 2 unspecified atom stereocenters. The molecule has 1 saturated carbocycles. The van der Waals surface area contributed by atoms with Crippen LogP contribution in [0.5, 0.6) is 0 Å². The van der Waals surface area contributed by atoms with Crippen LogP contribution in [0.25, 0.3) is 0 Å². The number of nitrogens with one attached hydrogen (secondary N) is 2. The summed E-state index contributed by atoms with van der Waals surface area (Å²) in [6.07, 6.45) is 7.55. The minimum atomic E-state index is 0.304. The molecule has 0 aliphatic heterocycles. The number of aliphatic hydroxyl groups is 1. The highest BCUT2D eigenvalue weighted by Gasteiger charge is 2.24. The largest absolute Gasteiger partial charge is 0.396 e. The summed E-state index contributed by atoms with van der Waals surface area (Å²) in [6, 6.07) is 0. The van der Waals surface area contributed by atoms with Crippen LogP contribution in [0.1, 0.15) is 44.6 Å². The van der Waals surface area contributed by atoms with Crippen molar-refractivity contribution < 1.29 is 5.11 Å². The van der Waals surface area contributed by atoms with E-state index in [4.69, 9.17) is 0 Å². The van der Waals surface area contributed by atoms with Gasteiger partial charge in [-0.05, 0) is 38.0 Å². The summed E-state index contributed by atoms with van der Waals surface area (Å²) in [4.78, 5) is 8.66. The Bertz CT molecular complexity index is 438. The molecule has 0 bridgehead atoms. The van der Waals surface area contributed by atoms with Crippen LogP contribution in [-0.4, -0.2) is 34.8 Å². The number of hydrogen-bond acceptors (Lipinski definition) is 5. The van der Waals surface area contributed by atoms with Gasteiger partial charge in [-0.1, -0.05) is 19.8 Å². The fourth-order valence-electron chi connectivity index (χ4n) is 3.07. The van der Waals surface area contributed by atoms with E-state index in [2.05, 4.69) is 27.5 Å². The maximum atomic E-state index is 9.49. The lowest BCUT2D eigenvalue weighted by molar-refractivity contribution is 0.141. The van der Waals surface area contributed by atoms with Crippen molar-refractivity contribution in [2.24, 2.45) is 11.8 Å². The molecule has 1 aliphatic carbocycles. The molecule has 3 N–H and O–H groups in total. The third-order valence-electron chi connectivity index (χ3n) is 4.46. The number of aliphatic hydroxyl groups excluding tert-OH is 1. The standard InChI is InChI=1S/C16H28N4O/c1-3-8-17-15-12(2)16(20-11-19-15)18-9-13-6-4-5-7-14(13)10-21/h11,13-14,21H,3-10H2,1-2H3,(H2,17,18,19,20). The Hall–Kier alpha value is -1.36. The molecule has 1 aromatic rings. The van der Waals surface area contributed by atoms with E-state index >= 15 is 0 Å². The average Bonchev–Trinajstić information content (AvgIpc) is 2.53. The average molecular weight is 292 g/mol. The molecule has 1 fully saturated rings. The van der Waals surface area contributed by atoms with Crippen LogP contribution in [0.2, 0.25) is 0 Å². The highest BCUT2D eigenvalue weighted by atomic mass is 16.3. The van der Waals surface area contributed by atoms with Crippen molar-refractivity contribution in [1.82, 2.24) is 9.97 Å². The van der Waals surface area contributed by atoms with Gasteiger partial charge < -0.3 is 15.7 Å². The zero-order valence-corrected chi connectivity index (χ0v) is 13.2. The molecule has 21 heavy (non-hydrogen) atoms. The van der Waals surface area contributed by atoms with Crippen molar-refractivity contribution in [2.75, 3.05) is 30.3 Å². The van der Waals surface area contributed by atoms with Gasteiger partial charge in [0.15, 0.2) is 0 Å². The zero-order chi connectivity index (χ0) is 15.1. The van der Waals surface area contributed by atoms with E-state index in [1.54, 1.807) is 6.33 Å². The van der Waals surface area contributed by atoms with Crippen LogP contribution in [0.15, 0.2) is 6.33 Å². The van der Waals surface area contributed by atoms with Crippen molar-refractivity contribution in [1.29, 1.82) is 0 Å². The molecule has 5 heteroatoms. The van der Waals surface area contributed by atoms with Crippen LogP contribution in [-0.2, 0) is 0 Å². The van der Waals surface area contributed by atoms with Crippen LogP contribution in [0.3, 0.4) is 0 Å². The second-order valence-electron chi connectivity index (χ2n) is 5.99. The second-order valence-corrected chi connectivity index (χ2v) is 5.99. The van der Waals surface area contributed by atoms with Gasteiger partial charge in [0.2, 0.25) is 0 Å². The van der Waals surface area contributed by atoms with Crippen LogP contribution < -0.4 is 10.6 Å². The first-order chi connectivity index (χ1) is 10.3. The van der Waals surface area contributed by atoms with Crippen LogP contribution >= 0.6 is 0 Å². The molecule has 1 aromatic heterocycles. The first kappa shape index (κ1) is 16.0. The monoisotopic (exact) mass is 292 g/mol. The molecule has 5 nitrogen and oxygen atoms in total. The lowest BCUT2D eigenvalue weighted by atomic mass is 9.79. The Balaban J connectivity index is 1.96. The first-order valence-electron chi connectivity index (χ1n) is 8.16. The van der Waals surface area contributed by atoms with Crippen molar-refractivity contribution in [3.05, 3.63) is 11.9 Å². The summed E-state index contributed by atoms with van der Waals surface area (Å²) >= 11 is 0. The summed E-state index contributed by atoms with van der Waals surface area (Å²) in [5.41, 5.74) is 1.07. The van der Waals surface area contributed by atoms with E-state index in [1.807, 2.05) is 6.92 Å². The summed E-state index contributed by atoms with van der Waals surface area (Å²) in [6.45, 7) is 6.30. The van der Waals surface area contributed by atoms with Gasteiger partial charge in [-0.25, -0.2) is 9.97 Å². The van der Waals surface area contributed by atoms with E-state index in [-0.39, 0.29) is 0 Å². The van der Waals surface area contributed by atoms with Gasteiger partial charge in [0.1, 0.15) is 18.0 Å². The number of aromatic nitrogens is 2. The smallest absolute Gasteiger partial charge is 0.134 e. The molecule has 1 aliphatic rings. The summed E-state index contributed by atoms with van der Waals surface area (Å²) in [5.74, 6) is 2.80. The molecular formula is C16H28N4O. The van der Waals surface area contributed by atoms with E-state index in [0.29, 0.717) is 18.4 Å². The van der Waals surface area contributed by atoms with Gasteiger partial charge in [-0.2, -0.15) is 0 Å². The van der Waals surface area contributed by atoms with Gasteiger partial charge >= 0.3 is 0 Å². The van der Waals surface area contributed by atoms with Crippen molar-refractivity contribution >= 4 is 11.6 Å². The molecule has 1 heterocycles. The van der Waals surface area contributed by atoms with Gasteiger partial charge in [-0.3, -0.25) is 0 Å². The second kappa shape index (κ2) is 8.17. The van der Waals surface area contributed by atoms with Crippen molar-refractivity contribution in [3.63, 3.8) is 0 Å². The maximum absolute atomic E-state index is 9.49. The number of anilines is 2. The first-order valence-corrected chi connectivity index (χ1v) is 8.16. The summed E-state index contributed by atoms with van der Waals surface area (Å²) < 4.78 is 0. The third-order valence-corrected chi connectivity index (χ3v) is 4.46. The zero-order valence-electron chi connectivity index (χ0n) is 13.2. The normalized spacial score (nSPS) is 22.0. The van der Waals surface area contributed by atoms with Gasteiger partial charge in [0.25, 0.3) is 0 Å². The predicted molar refractivity (Wildman–Crippen MR) is 86.6 cm³/mol. The van der Waals surface area contributed by atoms with E-state index in [0.717, 1.165) is 43.1 Å². The molecule has 0 saturated heterocycles. The van der Waals surface area contributed by atoms with Crippen molar-refractivity contribution in [3.8, 4) is 0 Å². The quantitative estimate of drug-likeness (QED) is 0.721. The molecule has 0 spiro atoms. The maximum Gasteiger partial charge on any atom is 0.134 e. The molecule has 2 rings (SSSR count). The Morgan fingerprint density at radius 2 is 1.81 bits per heavy atom. The SMILES string of the molecule is CCCNc1ncnc(NCC2CCCCC2CO)c1C. The minimum Gasteiger partial charge on any atom is -0.396 e. The molecule has 2 atom stereocenters. The van der Waals surface area contributed by atoms with Crippen LogP contribution in [0, 0.1) is 18.8 Å². The number of rotatable bonds is 7. The summed E-state index contributed by atoms with van der Waals surface area (Å²) in [5, 5.41) is 16.3. The lowest BCUT2D eigenvalue weighted by Crippen LogP contribution is -2.29. The van der Waals surface area contributed by atoms with Crippen molar-refractivity contribution in [2.45, 2.75) is 46.0 Å². The highest BCUT2D eigenvalue weighted by Crippen LogP contribution is 2.30. The van der Waals surface area contributed by atoms with E-state index in [9.17, 15) is 5.11 Å². The number of hydrogen-bond donors (Lipinski definition) is 3. The molecule has 0 aromatic carbocycles. The fourth-order valence-corrected chi connectivity index (χ4v) is 3.07. The molecular weight excluding hydrogens is 264 g/mol. The Morgan fingerprint density at radius 3 is 2.48 bits per heavy atom. The predicted octanol–water partition coefficient (Wildman–Crippen LogP) is 2.82. The Morgan fingerprint density at radius 1 is 1.14 bits per heavy atom. The summed E-state index contributed by atoms with van der Waals surface area (Å²) in [7, 11) is 0. The van der Waals surface area contributed by atoms with Gasteiger partial charge in [0, 0.05) is 25.3 Å². The van der Waals surface area contributed by atoms with Gasteiger partial charge in [-0.15, -0.1) is 0 Å².